The van der Waals surface area contributed by atoms with Gasteiger partial charge in [0.05, 0.1) is 15.3 Å². The lowest BCUT2D eigenvalue weighted by molar-refractivity contribution is -0.123. The Balaban J connectivity index is 1.52. The van der Waals surface area contributed by atoms with Gasteiger partial charge < -0.3 is 20.6 Å². The van der Waals surface area contributed by atoms with Gasteiger partial charge in [-0.3, -0.25) is 9.59 Å². The van der Waals surface area contributed by atoms with E-state index in [1.54, 1.807) is 12.1 Å². The number of nitrogens with zero attached hydrogens (tertiary/aromatic N) is 1. The highest BCUT2D eigenvalue weighted by Gasteiger charge is 2.29. The van der Waals surface area contributed by atoms with Gasteiger partial charge in [0.2, 0.25) is 5.91 Å². The lowest BCUT2D eigenvalue weighted by Gasteiger charge is -2.33. The van der Waals surface area contributed by atoms with Crippen LogP contribution in [0.2, 0.25) is 4.34 Å². The number of benzene rings is 1. The summed E-state index contributed by atoms with van der Waals surface area (Å²) >= 11 is 7.04. The van der Waals surface area contributed by atoms with Gasteiger partial charge in [-0.15, -0.1) is 17.9 Å². The Bertz CT molecular complexity index is 946. The number of carbonyl (C=O) groups is 2. The molecular formula is C23H28ClN3O3S. The standard InChI is InChI=1S/C23H28ClN3O3S/c1-3-5-16-6-4-11-27(23(16)30)19-8-7-17(12-15(19)2)25-13-18(28)14-26-22(29)20-9-10-21(24)31-20/h3,7-10,12,16,18,25,28H,1,4-6,11,13-14H2,2H3,(H,26,29)/t16?,18-/m0/s1. The molecule has 1 aliphatic rings. The highest BCUT2D eigenvalue weighted by Crippen LogP contribution is 2.30. The molecule has 1 fully saturated rings. The Kier molecular flexibility index (Phi) is 8.12. The Morgan fingerprint density at radius 3 is 2.87 bits per heavy atom. The number of allylic oxidation sites excluding steroid dienone is 1. The second kappa shape index (κ2) is 10.8. The fourth-order valence-electron chi connectivity index (χ4n) is 3.72. The highest BCUT2D eigenvalue weighted by molar-refractivity contribution is 7.18. The van der Waals surface area contributed by atoms with E-state index in [1.807, 2.05) is 36.1 Å². The van der Waals surface area contributed by atoms with E-state index in [2.05, 4.69) is 17.2 Å². The van der Waals surface area contributed by atoms with Gasteiger partial charge in [0.15, 0.2) is 0 Å². The molecule has 0 bridgehead atoms. The van der Waals surface area contributed by atoms with Crippen LogP contribution in [0.3, 0.4) is 0 Å². The molecule has 1 aliphatic heterocycles. The van der Waals surface area contributed by atoms with Gasteiger partial charge in [0.25, 0.3) is 5.91 Å². The van der Waals surface area contributed by atoms with E-state index >= 15 is 0 Å². The van der Waals surface area contributed by atoms with Crippen molar-refractivity contribution in [2.45, 2.75) is 32.3 Å². The summed E-state index contributed by atoms with van der Waals surface area (Å²) in [5.74, 6) is -0.0794. The first-order valence-corrected chi connectivity index (χ1v) is 11.6. The molecule has 1 aromatic carbocycles. The molecule has 31 heavy (non-hydrogen) atoms. The topological polar surface area (TPSA) is 81.7 Å². The summed E-state index contributed by atoms with van der Waals surface area (Å²) in [5.41, 5.74) is 2.77. The SMILES string of the molecule is C=CCC1CCCN(c2ccc(NC[C@H](O)CNC(=O)c3ccc(Cl)s3)cc2C)C1=O. The maximum Gasteiger partial charge on any atom is 0.261 e. The van der Waals surface area contributed by atoms with Crippen molar-refractivity contribution in [3.8, 4) is 0 Å². The summed E-state index contributed by atoms with van der Waals surface area (Å²) in [6.07, 6.45) is 3.67. The lowest BCUT2D eigenvalue weighted by Crippen LogP contribution is -2.41. The van der Waals surface area contributed by atoms with Crippen molar-refractivity contribution in [1.29, 1.82) is 0 Å². The lowest BCUT2D eigenvalue weighted by atomic mass is 9.93. The summed E-state index contributed by atoms with van der Waals surface area (Å²) in [6, 6.07) is 9.15. The van der Waals surface area contributed by atoms with E-state index in [1.165, 1.54) is 11.3 Å². The predicted molar refractivity (Wildman–Crippen MR) is 127 cm³/mol. The Hall–Kier alpha value is -2.35. The molecule has 2 amide bonds. The molecule has 2 heterocycles. The monoisotopic (exact) mass is 461 g/mol. The minimum Gasteiger partial charge on any atom is -0.389 e. The minimum atomic E-state index is -0.747. The molecule has 166 valence electrons. The van der Waals surface area contributed by atoms with Crippen LogP contribution in [0.5, 0.6) is 0 Å². The molecule has 8 heteroatoms. The normalized spacial score (nSPS) is 17.3. The number of aliphatic hydroxyl groups excluding tert-OH is 1. The third kappa shape index (κ3) is 6.09. The first-order valence-electron chi connectivity index (χ1n) is 10.4. The van der Waals surface area contributed by atoms with Crippen molar-refractivity contribution in [3.05, 3.63) is 57.8 Å². The van der Waals surface area contributed by atoms with Crippen molar-refractivity contribution < 1.29 is 14.7 Å². The molecule has 1 saturated heterocycles. The fraction of sp³-hybridized carbons (Fsp3) is 0.391. The molecule has 0 saturated carbocycles. The third-order valence-electron chi connectivity index (χ3n) is 5.33. The van der Waals surface area contributed by atoms with Crippen LogP contribution in [-0.2, 0) is 4.79 Å². The first kappa shape index (κ1) is 23.3. The quantitative estimate of drug-likeness (QED) is 0.488. The zero-order chi connectivity index (χ0) is 22.4. The zero-order valence-corrected chi connectivity index (χ0v) is 19.1. The maximum atomic E-state index is 12.8. The van der Waals surface area contributed by atoms with Crippen LogP contribution >= 0.6 is 22.9 Å². The highest BCUT2D eigenvalue weighted by atomic mass is 35.5. The van der Waals surface area contributed by atoms with Gasteiger partial charge in [-0.05, 0) is 62.1 Å². The van der Waals surface area contributed by atoms with Crippen molar-refractivity contribution in [2.75, 3.05) is 29.9 Å². The van der Waals surface area contributed by atoms with Crippen LogP contribution in [0.4, 0.5) is 11.4 Å². The van der Waals surface area contributed by atoms with E-state index in [9.17, 15) is 14.7 Å². The van der Waals surface area contributed by atoms with Gasteiger partial charge in [-0.2, -0.15) is 0 Å². The number of aryl methyl sites for hydroxylation is 1. The average Bonchev–Trinajstić information content (AvgIpc) is 3.19. The molecule has 2 aromatic rings. The van der Waals surface area contributed by atoms with Crippen LogP contribution < -0.4 is 15.5 Å². The summed E-state index contributed by atoms with van der Waals surface area (Å²) in [7, 11) is 0. The van der Waals surface area contributed by atoms with Gasteiger partial charge >= 0.3 is 0 Å². The molecule has 3 N–H and O–H groups in total. The number of hydrogen-bond donors (Lipinski definition) is 3. The molecule has 6 nitrogen and oxygen atoms in total. The first-order chi connectivity index (χ1) is 14.9. The van der Waals surface area contributed by atoms with Crippen LogP contribution in [-0.4, -0.2) is 42.7 Å². The summed E-state index contributed by atoms with van der Waals surface area (Å²) in [4.78, 5) is 27.2. The molecule has 3 rings (SSSR count). The Labute approximate surface area is 191 Å². The average molecular weight is 462 g/mol. The third-order valence-corrected chi connectivity index (χ3v) is 6.56. The number of thiophene rings is 1. The van der Waals surface area contributed by atoms with Crippen molar-refractivity contribution in [1.82, 2.24) is 5.32 Å². The molecule has 2 atom stereocenters. The summed E-state index contributed by atoms with van der Waals surface area (Å²) < 4.78 is 0.550. The number of anilines is 2. The second-order valence-corrected chi connectivity index (χ2v) is 9.42. The maximum absolute atomic E-state index is 12.8. The summed E-state index contributed by atoms with van der Waals surface area (Å²) in [6.45, 7) is 6.89. The fourth-order valence-corrected chi connectivity index (χ4v) is 4.68. The number of rotatable bonds is 9. The van der Waals surface area contributed by atoms with Crippen molar-refractivity contribution in [2.24, 2.45) is 5.92 Å². The number of nitrogens with one attached hydrogen (secondary N) is 2. The largest absolute Gasteiger partial charge is 0.389 e. The number of hydrogen-bond acceptors (Lipinski definition) is 5. The Morgan fingerprint density at radius 1 is 1.39 bits per heavy atom. The number of piperidine rings is 1. The zero-order valence-electron chi connectivity index (χ0n) is 17.6. The second-order valence-electron chi connectivity index (χ2n) is 7.70. The molecule has 0 aliphatic carbocycles. The number of aliphatic hydroxyl groups is 1. The van der Waals surface area contributed by atoms with E-state index in [-0.39, 0.29) is 30.8 Å². The van der Waals surface area contributed by atoms with Gasteiger partial charge in [0.1, 0.15) is 0 Å². The van der Waals surface area contributed by atoms with Crippen molar-refractivity contribution >= 4 is 46.1 Å². The molecular weight excluding hydrogens is 434 g/mol. The number of halogens is 1. The van der Waals surface area contributed by atoms with Crippen LogP contribution in [0, 0.1) is 12.8 Å². The molecule has 0 spiro atoms. The van der Waals surface area contributed by atoms with Gasteiger partial charge in [0, 0.05) is 36.9 Å². The number of amides is 2. The van der Waals surface area contributed by atoms with Crippen molar-refractivity contribution in [3.63, 3.8) is 0 Å². The number of carbonyl (C=O) groups excluding carboxylic acids is 2. The van der Waals surface area contributed by atoms with E-state index in [0.717, 1.165) is 36.3 Å². The Morgan fingerprint density at radius 2 is 2.19 bits per heavy atom. The van der Waals surface area contributed by atoms with E-state index in [0.29, 0.717) is 15.6 Å². The van der Waals surface area contributed by atoms with E-state index < -0.39 is 6.10 Å². The van der Waals surface area contributed by atoms with Crippen LogP contribution in [0.15, 0.2) is 43.0 Å². The molecule has 1 unspecified atom stereocenters. The predicted octanol–water partition coefficient (Wildman–Crippen LogP) is 4.23. The van der Waals surface area contributed by atoms with E-state index in [4.69, 9.17) is 11.6 Å². The van der Waals surface area contributed by atoms with Crippen LogP contribution in [0.25, 0.3) is 0 Å². The smallest absolute Gasteiger partial charge is 0.261 e. The molecule has 0 radical (unpaired) electrons. The summed E-state index contributed by atoms with van der Waals surface area (Å²) in [5, 5.41) is 16.1. The molecule has 1 aromatic heterocycles. The van der Waals surface area contributed by atoms with Gasteiger partial charge in [-0.1, -0.05) is 17.7 Å². The van der Waals surface area contributed by atoms with Gasteiger partial charge in [-0.25, -0.2) is 0 Å². The minimum absolute atomic E-state index is 0.0130. The van der Waals surface area contributed by atoms with Crippen LogP contribution in [0.1, 0.15) is 34.5 Å².